The molecule has 3 aromatic rings. The lowest BCUT2D eigenvalue weighted by Gasteiger charge is -2.09. The van der Waals surface area contributed by atoms with Gasteiger partial charge in [-0.2, -0.15) is 0 Å². The van der Waals surface area contributed by atoms with Gasteiger partial charge in [0.25, 0.3) is 5.91 Å². The van der Waals surface area contributed by atoms with Crippen molar-refractivity contribution < 1.29 is 14.3 Å². The average molecular weight is 420 g/mol. The molecular formula is C20H18ClNO3S2. The summed E-state index contributed by atoms with van der Waals surface area (Å²) in [5, 5.41) is 7.50. The number of ether oxygens (including phenoxy) is 1. The number of hydrogen-bond acceptors (Lipinski definition) is 5. The van der Waals surface area contributed by atoms with Gasteiger partial charge < -0.3 is 10.1 Å². The molecule has 0 fully saturated rings. The molecule has 2 heterocycles. The number of benzene rings is 1. The third-order valence-electron chi connectivity index (χ3n) is 4.19. The van der Waals surface area contributed by atoms with Gasteiger partial charge >= 0.3 is 5.97 Å². The maximum Gasteiger partial charge on any atom is 0.341 e. The van der Waals surface area contributed by atoms with Gasteiger partial charge in [0.15, 0.2) is 0 Å². The highest BCUT2D eigenvalue weighted by molar-refractivity contribution is 7.15. The van der Waals surface area contributed by atoms with E-state index in [1.165, 1.54) is 22.7 Å². The van der Waals surface area contributed by atoms with Crippen molar-refractivity contribution in [1.29, 1.82) is 0 Å². The van der Waals surface area contributed by atoms with E-state index < -0.39 is 5.97 Å². The van der Waals surface area contributed by atoms with Crippen LogP contribution in [0, 0.1) is 13.8 Å². The van der Waals surface area contributed by atoms with Crippen LogP contribution in [0.5, 0.6) is 0 Å². The number of carbonyl (C=O) groups excluding carboxylic acids is 2. The Kier molecular flexibility index (Phi) is 5.99. The first-order valence-electron chi connectivity index (χ1n) is 8.33. The number of rotatable bonds is 5. The zero-order valence-corrected chi connectivity index (χ0v) is 17.5. The van der Waals surface area contributed by atoms with Crippen LogP contribution in [0.2, 0.25) is 5.02 Å². The molecule has 0 spiro atoms. The fraction of sp³-hybridized carbons (Fsp3) is 0.200. The first-order valence-corrected chi connectivity index (χ1v) is 10.5. The summed E-state index contributed by atoms with van der Waals surface area (Å²) in [6.07, 6.45) is 0. The van der Waals surface area contributed by atoms with Gasteiger partial charge in [0.1, 0.15) is 10.6 Å². The number of aryl methyl sites for hydroxylation is 1. The minimum Gasteiger partial charge on any atom is -0.462 e. The summed E-state index contributed by atoms with van der Waals surface area (Å²) in [7, 11) is 0. The van der Waals surface area contributed by atoms with Crippen molar-refractivity contribution >= 4 is 51.2 Å². The maximum absolute atomic E-state index is 12.7. The molecule has 0 aliphatic carbocycles. The molecule has 140 valence electrons. The van der Waals surface area contributed by atoms with E-state index >= 15 is 0 Å². The molecule has 3 rings (SSSR count). The fourth-order valence-corrected chi connectivity index (χ4v) is 4.69. The van der Waals surface area contributed by atoms with E-state index in [-0.39, 0.29) is 12.5 Å². The Labute approximate surface area is 170 Å². The topological polar surface area (TPSA) is 55.4 Å². The molecule has 0 saturated carbocycles. The second-order valence-corrected chi connectivity index (χ2v) is 8.21. The number of esters is 1. The molecule has 0 atom stereocenters. The number of hydrogen-bond donors (Lipinski definition) is 1. The summed E-state index contributed by atoms with van der Waals surface area (Å²) in [6.45, 7) is 5.88. The molecule has 0 aliphatic heterocycles. The molecule has 0 aliphatic rings. The lowest BCUT2D eigenvalue weighted by atomic mass is 10.0. The minimum atomic E-state index is -0.484. The van der Waals surface area contributed by atoms with Crippen molar-refractivity contribution in [2.75, 3.05) is 11.9 Å². The summed E-state index contributed by atoms with van der Waals surface area (Å²) < 4.78 is 5.22. The van der Waals surface area contributed by atoms with Gasteiger partial charge in [0.05, 0.1) is 12.2 Å². The minimum absolute atomic E-state index is 0.241. The van der Waals surface area contributed by atoms with Crippen LogP contribution in [0.4, 0.5) is 5.00 Å². The molecule has 4 nitrogen and oxygen atoms in total. The van der Waals surface area contributed by atoms with Crippen LogP contribution < -0.4 is 5.32 Å². The second kappa shape index (κ2) is 8.25. The summed E-state index contributed by atoms with van der Waals surface area (Å²) in [6, 6.07) is 7.28. The number of nitrogens with one attached hydrogen (secondary N) is 1. The van der Waals surface area contributed by atoms with Crippen LogP contribution in [-0.4, -0.2) is 18.5 Å². The molecule has 0 saturated heterocycles. The van der Waals surface area contributed by atoms with E-state index in [1.807, 2.05) is 42.8 Å². The number of thiophene rings is 2. The van der Waals surface area contributed by atoms with Crippen molar-refractivity contribution in [3.63, 3.8) is 0 Å². The molecule has 0 bridgehead atoms. The highest BCUT2D eigenvalue weighted by Crippen LogP contribution is 2.39. The molecule has 7 heteroatoms. The number of carbonyl (C=O) groups is 2. The lowest BCUT2D eigenvalue weighted by Crippen LogP contribution is -2.15. The summed E-state index contributed by atoms with van der Waals surface area (Å²) >= 11 is 9.12. The van der Waals surface area contributed by atoms with Gasteiger partial charge in [-0.3, -0.25) is 4.79 Å². The Morgan fingerprint density at radius 1 is 1.11 bits per heavy atom. The summed E-state index contributed by atoms with van der Waals surface area (Å²) in [5.74, 6) is -0.725. The van der Waals surface area contributed by atoms with E-state index in [2.05, 4.69) is 5.32 Å². The average Bonchev–Trinajstić information content (AvgIpc) is 3.19. The van der Waals surface area contributed by atoms with Gasteiger partial charge in [-0.25, -0.2) is 4.79 Å². The van der Waals surface area contributed by atoms with Gasteiger partial charge in [0.2, 0.25) is 0 Å². The SMILES string of the molecule is CCOC(=O)c1c(-c2ccccc2Cl)csc1NC(=O)c1csc(C)c1C. The standard InChI is InChI=1S/C20H18ClNO3S2/c1-4-25-20(24)17-15(13-7-5-6-8-16(13)21)10-27-19(17)22-18(23)14-9-26-12(3)11(14)2/h5-10H,4H2,1-3H3,(H,22,23). The van der Waals surface area contributed by atoms with Crippen molar-refractivity contribution in [2.45, 2.75) is 20.8 Å². The van der Waals surface area contributed by atoms with E-state index in [0.717, 1.165) is 16.0 Å². The molecule has 1 aromatic carbocycles. The van der Waals surface area contributed by atoms with Gasteiger partial charge in [-0.05, 0) is 32.4 Å². The van der Waals surface area contributed by atoms with E-state index in [0.29, 0.717) is 26.7 Å². The first-order chi connectivity index (χ1) is 12.9. The van der Waals surface area contributed by atoms with Gasteiger partial charge in [-0.1, -0.05) is 29.8 Å². The fourth-order valence-electron chi connectivity index (χ4n) is 2.64. The van der Waals surface area contributed by atoms with Crippen molar-refractivity contribution in [1.82, 2.24) is 0 Å². The molecule has 1 amide bonds. The summed E-state index contributed by atoms with van der Waals surface area (Å²) in [4.78, 5) is 26.4. The zero-order valence-electron chi connectivity index (χ0n) is 15.1. The Morgan fingerprint density at radius 3 is 2.48 bits per heavy atom. The Hall–Kier alpha value is -2.15. The van der Waals surface area contributed by atoms with Crippen molar-refractivity contribution in [3.05, 3.63) is 61.6 Å². The van der Waals surface area contributed by atoms with Crippen LogP contribution in [0.1, 0.15) is 38.1 Å². The van der Waals surface area contributed by atoms with Crippen LogP contribution in [0.25, 0.3) is 11.1 Å². The van der Waals surface area contributed by atoms with Crippen LogP contribution in [0.15, 0.2) is 35.0 Å². The quantitative estimate of drug-likeness (QED) is 0.502. The highest BCUT2D eigenvalue weighted by atomic mass is 35.5. The van der Waals surface area contributed by atoms with E-state index in [1.54, 1.807) is 13.0 Å². The second-order valence-electron chi connectivity index (χ2n) is 5.84. The third-order valence-corrected chi connectivity index (χ3v) is 6.43. The molecular weight excluding hydrogens is 402 g/mol. The lowest BCUT2D eigenvalue weighted by molar-refractivity contribution is 0.0529. The highest BCUT2D eigenvalue weighted by Gasteiger charge is 2.24. The van der Waals surface area contributed by atoms with Crippen molar-refractivity contribution in [2.24, 2.45) is 0 Å². The Bertz CT molecular complexity index is 1010. The Balaban J connectivity index is 2.03. The monoisotopic (exact) mass is 419 g/mol. The largest absolute Gasteiger partial charge is 0.462 e. The van der Waals surface area contributed by atoms with Gasteiger partial charge in [-0.15, -0.1) is 22.7 Å². The number of halogens is 1. The number of amides is 1. The molecule has 0 unspecified atom stereocenters. The van der Waals surface area contributed by atoms with Gasteiger partial charge in [0, 0.05) is 31.8 Å². The molecule has 27 heavy (non-hydrogen) atoms. The molecule has 0 radical (unpaired) electrons. The van der Waals surface area contributed by atoms with Crippen LogP contribution in [0.3, 0.4) is 0 Å². The first kappa shape index (κ1) is 19.6. The van der Waals surface area contributed by atoms with Crippen LogP contribution >= 0.6 is 34.3 Å². The normalized spacial score (nSPS) is 10.7. The van der Waals surface area contributed by atoms with E-state index in [4.69, 9.17) is 16.3 Å². The van der Waals surface area contributed by atoms with E-state index in [9.17, 15) is 9.59 Å². The Morgan fingerprint density at radius 2 is 1.85 bits per heavy atom. The smallest absolute Gasteiger partial charge is 0.341 e. The predicted octanol–water partition coefficient (Wildman–Crippen LogP) is 6.18. The molecule has 2 aromatic heterocycles. The zero-order chi connectivity index (χ0) is 19.6. The molecule has 1 N–H and O–H groups in total. The number of anilines is 1. The maximum atomic E-state index is 12.7. The third kappa shape index (κ3) is 3.93. The summed E-state index contributed by atoms with van der Waals surface area (Å²) in [5.41, 5.74) is 3.25. The van der Waals surface area contributed by atoms with Crippen LogP contribution in [-0.2, 0) is 4.74 Å². The predicted molar refractivity (Wildman–Crippen MR) is 112 cm³/mol. The van der Waals surface area contributed by atoms with Crippen molar-refractivity contribution in [3.8, 4) is 11.1 Å².